The third-order valence-corrected chi connectivity index (χ3v) is 6.81. The number of piperidine rings is 1. The lowest BCUT2D eigenvalue weighted by atomic mass is 10.0. The lowest BCUT2D eigenvalue weighted by Crippen LogP contribution is -2.52. The highest BCUT2D eigenvalue weighted by atomic mass is 32.1. The maximum Gasteiger partial charge on any atom is 0.321 e. The van der Waals surface area contributed by atoms with Gasteiger partial charge in [-0.25, -0.2) is 4.79 Å². The Morgan fingerprint density at radius 1 is 0.968 bits per heavy atom. The van der Waals surface area contributed by atoms with Gasteiger partial charge in [0.05, 0.1) is 6.42 Å². The Bertz CT molecular complexity index is 895. The van der Waals surface area contributed by atoms with Gasteiger partial charge in [-0.1, -0.05) is 24.3 Å². The van der Waals surface area contributed by atoms with E-state index in [0.29, 0.717) is 45.3 Å². The third kappa shape index (κ3) is 5.44. The second-order valence-electron chi connectivity index (χ2n) is 8.07. The minimum atomic E-state index is -0.383. The highest BCUT2D eigenvalue weighted by molar-refractivity contribution is 7.10. The SMILES string of the molecule is O=C(NC1CCN(C(=O)Nc2ccccc2)CC1)C1CCCN1C(=O)Cc1cccs1. The van der Waals surface area contributed by atoms with Crippen LogP contribution in [0.15, 0.2) is 47.8 Å². The van der Waals surface area contributed by atoms with Gasteiger partial charge >= 0.3 is 6.03 Å². The lowest BCUT2D eigenvalue weighted by Gasteiger charge is -2.33. The van der Waals surface area contributed by atoms with E-state index in [1.807, 2.05) is 47.8 Å². The quantitative estimate of drug-likeness (QED) is 0.750. The van der Waals surface area contributed by atoms with Crippen molar-refractivity contribution in [3.8, 4) is 0 Å². The van der Waals surface area contributed by atoms with E-state index in [2.05, 4.69) is 10.6 Å². The van der Waals surface area contributed by atoms with Crippen LogP contribution in [0.25, 0.3) is 0 Å². The molecule has 2 saturated heterocycles. The number of urea groups is 1. The largest absolute Gasteiger partial charge is 0.351 e. The summed E-state index contributed by atoms with van der Waals surface area (Å²) in [6.45, 7) is 1.82. The normalized spacial score (nSPS) is 19.3. The van der Waals surface area contributed by atoms with E-state index in [1.54, 1.807) is 21.1 Å². The van der Waals surface area contributed by atoms with E-state index in [-0.39, 0.29) is 29.9 Å². The first-order chi connectivity index (χ1) is 15.1. The molecule has 4 amide bonds. The molecule has 0 aliphatic carbocycles. The van der Waals surface area contributed by atoms with Crippen molar-refractivity contribution in [2.24, 2.45) is 0 Å². The number of nitrogens with zero attached hydrogens (tertiary/aromatic N) is 2. The molecule has 31 heavy (non-hydrogen) atoms. The number of para-hydroxylation sites is 1. The van der Waals surface area contributed by atoms with E-state index in [9.17, 15) is 14.4 Å². The number of hydrogen-bond acceptors (Lipinski definition) is 4. The zero-order valence-electron chi connectivity index (χ0n) is 17.5. The molecule has 4 rings (SSSR count). The van der Waals surface area contributed by atoms with E-state index in [1.165, 1.54) is 0 Å². The van der Waals surface area contributed by atoms with E-state index in [0.717, 1.165) is 17.0 Å². The summed E-state index contributed by atoms with van der Waals surface area (Å²) in [5.74, 6) is -0.0447. The number of likely N-dealkylation sites (tertiary alicyclic amines) is 2. The molecule has 0 spiro atoms. The Balaban J connectivity index is 1.24. The molecule has 3 heterocycles. The molecule has 2 aromatic rings. The Morgan fingerprint density at radius 2 is 1.74 bits per heavy atom. The van der Waals surface area contributed by atoms with Gasteiger partial charge in [0, 0.05) is 36.2 Å². The van der Waals surface area contributed by atoms with Crippen LogP contribution in [0.4, 0.5) is 10.5 Å². The number of thiophene rings is 1. The van der Waals surface area contributed by atoms with Crippen LogP contribution >= 0.6 is 11.3 Å². The summed E-state index contributed by atoms with van der Waals surface area (Å²) >= 11 is 1.57. The Hall–Kier alpha value is -2.87. The standard InChI is InChI=1S/C23H28N4O3S/c28-21(16-19-8-5-15-31-19)27-12-4-9-20(27)22(29)24-18-10-13-26(14-11-18)23(30)25-17-6-2-1-3-7-17/h1-3,5-8,15,18,20H,4,9-14,16H2,(H,24,29)(H,25,30). The Morgan fingerprint density at radius 3 is 2.45 bits per heavy atom. The van der Waals surface area contributed by atoms with Gasteiger partial charge in [-0.3, -0.25) is 9.59 Å². The number of benzene rings is 1. The molecule has 2 aliphatic heterocycles. The molecule has 1 unspecified atom stereocenters. The molecular formula is C23H28N4O3S. The Labute approximate surface area is 186 Å². The summed E-state index contributed by atoms with van der Waals surface area (Å²) < 4.78 is 0. The summed E-state index contributed by atoms with van der Waals surface area (Å²) in [7, 11) is 0. The minimum Gasteiger partial charge on any atom is -0.351 e. The number of rotatable bonds is 5. The van der Waals surface area contributed by atoms with Crippen LogP contribution in [0.2, 0.25) is 0 Å². The van der Waals surface area contributed by atoms with E-state index < -0.39 is 0 Å². The summed E-state index contributed by atoms with van der Waals surface area (Å²) in [6.07, 6.45) is 3.34. The number of carbonyl (C=O) groups excluding carboxylic acids is 3. The molecule has 2 N–H and O–H groups in total. The first-order valence-electron chi connectivity index (χ1n) is 10.8. The van der Waals surface area contributed by atoms with Crippen LogP contribution in [0.5, 0.6) is 0 Å². The van der Waals surface area contributed by atoms with Gasteiger partial charge < -0.3 is 20.4 Å². The Kier molecular flexibility index (Phi) is 6.86. The van der Waals surface area contributed by atoms with Gasteiger partial charge in [0.1, 0.15) is 6.04 Å². The second kappa shape index (κ2) is 9.96. The fourth-order valence-corrected chi connectivity index (χ4v) is 4.95. The molecule has 0 radical (unpaired) electrons. The van der Waals surface area contributed by atoms with Gasteiger partial charge in [-0.05, 0) is 49.3 Å². The maximum atomic E-state index is 12.9. The fraction of sp³-hybridized carbons (Fsp3) is 0.435. The van der Waals surface area contributed by atoms with Crippen molar-refractivity contribution in [1.82, 2.24) is 15.1 Å². The van der Waals surface area contributed by atoms with E-state index in [4.69, 9.17) is 0 Å². The first-order valence-corrected chi connectivity index (χ1v) is 11.7. The molecule has 1 aromatic heterocycles. The molecule has 8 heteroatoms. The second-order valence-corrected chi connectivity index (χ2v) is 9.10. The van der Waals surface area contributed by atoms with Crippen LogP contribution in [-0.4, -0.2) is 59.4 Å². The number of anilines is 1. The molecule has 7 nitrogen and oxygen atoms in total. The van der Waals surface area contributed by atoms with Gasteiger partial charge in [-0.15, -0.1) is 11.3 Å². The summed E-state index contributed by atoms with van der Waals surface area (Å²) in [5.41, 5.74) is 0.775. The number of carbonyl (C=O) groups is 3. The molecule has 0 bridgehead atoms. The van der Waals surface area contributed by atoms with Crippen LogP contribution in [0, 0.1) is 0 Å². The van der Waals surface area contributed by atoms with Crippen LogP contribution in [0.1, 0.15) is 30.6 Å². The van der Waals surface area contributed by atoms with Crippen LogP contribution in [0.3, 0.4) is 0 Å². The molecule has 2 aliphatic rings. The predicted octanol–water partition coefficient (Wildman–Crippen LogP) is 3.09. The maximum absolute atomic E-state index is 12.9. The molecule has 0 saturated carbocycles. The summed E-state index contributed by atoms with van der Waals surface area (Å²) in [4.78, 5) is 42.6. The zero-order chi connectivity index (χ0) is 21.6. The average Bonchev–Trinajstić information content (AvgIpc) is 3.47. The van der Waals surface area contributed by atoms with Crippen LogP contribution < -0.4 is 10.6 Å². The van der Waals surface area contributed by atoms with Crippen molar-refractivity contribution in [1.29, 1.82) is 0 Å². The van der Waals surface area contributed by atoms with Gasteiger partial charge in [0.2, 0.25) is 11.8 Å². The topological polar surface area (TPSA) is 81.8 Å². The van der Waals surface area contributed by atoms with Gasteiger partial charge in [0.15, 0.2) is 0 Å². The van der Waals surface area contributed by atoms with Crippen molar-refractivity contribution in [3.05, 3.63) is 52.7 Å². The third-order valence-electron chi connectivity index (χ3n) is 5.93. The lowest BCUT2D eigenvalue weighted by molar-refractivity contribution is -0.138. The molecule has 164 valence electrons. The monoisotopic (exact) mass is 440 g/mol. The average molecular weight is 441 g/mol. The number of amides is 4. The molecule has 2 fully saturated rings. The van der Waals surface area contributed by atoms with Crippen LogP contribution in [-0.2, 0) is 16.0 Å². The van der Waals surface area contributed by atoms with Gasteiger partial charge in [0.25, 0.3) is 0 Å². The highest BCUT2D eigenvalue weighted by Crippen LogP contribution is 2.21. The minimum absolute atomic E-state index is 0.0208. The van der Waals surface area contributed by atoms with E-state index >= 15 is 0 Å². The smallest absolute Gasteiger partial charge is 0.321 e. The highest BCUT2D eigenvalue weighted by Gasteiger charge is 2.35. The van der Waals surface area contributed by atoms with Crippen molar-refractivity contribution >= 4 is 34.9 Å². The fourth-order valence-electron chi connectivity index (χ4n) is 4.25. The van der Waals surface area contributed by atoms with Crippen molar-refractivity contribution in [2.75, 3.05) is 25.0 Å². The summed E-state index contributed by atoms with van der Waals surface area (Å²) in [6, 6.07) is 12.8. The predicted molar refractivity (Wildman–Crippen MR) is 121 cm³/mol. The van der Waals surface area contributed by atoms with Crippen molar-refractivity contribution in [2.45, 2.75) is 44.2 Å². The van der Waals surface area contributed by atoms with Gasteiger partial charge in [-0.2, -0.15) is 0 Å². The number of hydrogen-bond donors (Lipinski definition) is 2. The number of nitrogens with one attached hydrogen (secondary N) is 2. The zero-order valence-corrected chi connectivity index (χ0v) is 18.3. The molecule has 1 atom stereocenters. The first kappa shape index (κ1) is 21.4. The van der Waals surface area contributed by atoms with Crippen molar-refractivity contribution < 1.29 is 14.4 Å². The summed E-state index contributed by atoms with van der Waals surface area (Å²) in [5, 5.41) is 7.99. The molecular weight excluding hydrogens is 412 g/mol. The molecule has 1 aromatic carbocycles. The van der Waals surface area contributed by atoms with Crippen molar-refractivity contribution in [3.63, 3.8) is 0 Å².